The minimum atomic E-state index is -4.56. The Balaban J connectivity index is 1.30. The Morgan fingerprint density at radius 1 is 1.13 bits per heavy atom. The highest BCUT2D eigenvalue weighted by Crippen LogP contribution is 2.38. The Bertz CT molecular complexity index is 1260. The summed E-state index contributed by atoms with van der Waals surface area (Å²) in [6.45, 7) is 3.60. The second-order valence-corrected chi connectivity index (χ2v) is 9.41. The number of morpholine rings is 1. The number of carbonyl (C=O) groups excluding carboxylic acids is 1. The number of likely N-dealkylation sites (tertiary alicyclic amines) is 1. The average Bonchev–Trinajstić information content (AvgIpc) is 2.91. The van der Waals surface area contributed by atoms with E-state index in [1.807, 2.05) is 35.2 Å². The van der Waals surface area contributed by atoms with Gasteiger partial charge in [-0.15, -0.1) is 10.2 Å². The smallest absolute Gasteiger partial charge is 0.416 e. The largest absolute Gasteiger partial charge is 0.507 e. The molecule has 2 aliphatic heterocycles. The molecule has 0 unspecified atom stereocenters. The van der Waals surface area contributed by atoms with Crippen LogP contribution in [0, 0.1) is 6.92 Å². The first-order valence-electron chi connectivity index (χ1n) is 12.3. The molecule has 0 aliphatic carbocycles. The van der Waals surface area contributed by atoms with E-state index in [9.17, 15) is 23.1 Å². The number of aryl methyl sites for hydroxylation is 1. The fourth-order valence-electron chi connectivity index (χ4n) is 5.01. The third kappa shape index (κ3) is 5.38. The van der Waals surface area contributed by atoms with Gasteiger partial charge in [0.05, 0.1) is 30.0 Å². The van der Waals surface area contributed by atoms with Gasteiger partial charge in [0.15, 0.2) is 5.82 Å². The van der Waals surface area contributed by atoms with Crippen molar-refractivity contribution in [1.29, 1.82) is 0 Å². The molecule has 0 saturated carbocycles. The van der Waals surface area contributed by atoms with Gasteiger partial charge in [-0.1, -0.05) is 30.3 Å². The van der Waals surface area contributed by atoms with Crippen molar-refractivity contribution < 1.29 is 32.5 Å². The van der Waals surface area contributed by atoms with Crippen molar-refractivity contribution in [2.45, 2.75) is 38.3 Å². The third-order valence-corrected chi connectivity index (χ3v) is 6.89. The monoisotopic (exact) mass is 528 g/mol. The summed E-state index contributed by atoms with van der Waals surface area (Å²) in [5.41, 5.74) is 0.675. The molecular formula is C27H27F3N4O4. The van der Waals surface area contributed by atoms with E-state index in [0.29, 0.717) is 44.5 Å². The summed E-state index contributed by atoms with van der Waals surface area (Å²) in [6, 6.07) is 14.3. The van der Waals surface area contributed by atoms with Crippen LogP contribution in [0.3, 0.4) is 0 Å². The third-order valence-electron chi connectivity index (χ3n) is 6.89. The summed E-state index contributed by atoms with van der Waals surface area (Å²) in [5.74, 6) is 0.0401. The molecule has 2 aromatic carbocycles. The Morgan fingerprint density at radius 2 is 1.92 bits per heavy atom. The van der Waals surface area contributed by atoms with Gasteiger partial charge >= 0.3 is 12.3 Å². The zero-order valence-corrected chi connectivity index (χ0v) is 20.7. The van der Waals surface area contributed by atoms with Crippen molar-refractivity contribution in [3.63, 3.8) is 0 Å². The Morgan fingerprint density at radius 3 is 2.61 bits per heavy atom. The number of hydrogen-bond acceptors (Lipinski definition) is 7. The number of phenols is 1. The van der Waals surface area contributed by atoms with Crippen molar-refractivity contribution in [1.82, 2.24) is 15.1 Å². The fourth-order valence-corrected chi connectivity index (χ4v) is 5.01. The highest BCUT2D eigenvalue weighted by Gasteiger charge is 2.40. The second kappa shape index (κ2) is 10.5. The molecule has 1 N–H and O–H groups in total. The number of benzene rings is 2. The molecule has 5 rings (SSSR count). The highest BCUT2D eigenvalue weighted by atomic mass is 19.4. The van der Waals surface area contributed by atoms with Gasteiger partial charge in [-0.05, 0) is 48.7 Å². The Labute approximate surface area is 217 Å². The number of piperidine rings is 1. The second-order valence-electron chi connectivity index (χ2n) is 9.41. The first-order chi connectivity index (χ1) is 18.2. The van der Waals surface area contributed by atoms with Gasteiger partial charge in [-0.2, -0.15) is 13.2 Å². The normalized spacial score (nSPS) is 19.7. The highest BCUT2D eigenvalue weighted by molar-refractivity contribution is 5.72. The van der Waals surface area contributed by atoms with Gasteiger partial charge in [0.1, 0.15) is 12.4 Å². The lowest BCUT2D eigenvalue weighted by Crippen LogP contribution is -2.61. The van der Waals surface area contributed by atoms with Crippen molar-refractivity contribution in [3.05, 3.63) is 71.3 Å². The minimum absolute atomic E-state index is 0.0930. The summed E-state index contributed by atoms with van der Waals surface area (Å²) in [7, 11) is 0. The van der Waals surface area contributed by atoms with Crippen molar-refractivity contribution in [2.24, 2.45) is 0 Å². The number of halogens is 3. The number of alkyl halides is 3. The number of amides is 1. The summed E-state index contributed by atoms with van der Waals surface area (Å²) < 4.78 is 50.7. The minimum Gasteiger partial charge on any atom is -0.507 e. The molecule has 3 heterocycles. The lowest BCUT2D eigenvalue weighted by molar-refractivity contribution is -0.137. The molecule has 0 bridgehead atoms. The fraction of sp³-hybridized carbons (Fsp3) is 0.370. The number of rotatable bonds is 4. The number of phenolic OH excluding ortho intramolecular Hbond substituents is 1. The molecular weight excluding hydrogens is 501 g/mol. The van der Waals surface area contributed by atoms with Gasteiger partial charge in [-0.3, -0.25) is 0 Å². The van der Waals surface area contributed by atoms with Gasteiger partial charge in [0.25, 0.3) is 0 Å². The molecule has 2 saturated heterocycles. The van der Waals surface area contributed by atoms with E-state index in [0.717, 1.165) is 11.6 Å². The number of aromatic hydroxyl groups is 1. The Kier molecular flexibility index (Phi) is 7.11. The number of anilines is 1. The van der Waals surface area contributed by atoms with E-state index in [4.69, 9.17) is 9.47 Å². The molecule has 200 valence electrons. The zero-order chi connectivity index (χ0) is 26.9. The summed E-state index contributed by atoms with van der Waals surface area (Å²) >= 11 is 0. The van der Waals surface area contributed by atoms with Crippen molar-refractivity contribution >= 4 is 11.9 Å². The lowest BCUT2D eigenvalue weighted by Gasteiger charge is -2.47. The standard InChI is InChI=1S/C27H27F3N4O4/c1-17-13-19(27(28,29)30)14-22(35)25(17)20-7-8-24(32-31-20)34-11-12-37-23-9-10-33(15-21(23)34)26(36)38-16-18-5-3-2-4-6-18/h2-8,13-14,21,23,35H,9-12,15-16H2,1H3/t21-,23+/m1/s1. The number of nitrogens with zero attached hydrogens (tertiary/aromatic N) is 4. The van der Waals surface area contributed by atoms with Gasteiger partial charge < -0.3 is 24.4 Å². The van der Waals surface area contributed by atoms with Crippen LogP contribution in [0.5, 0.6) is 5.75 Å². The van der Waals surface area contributed by atoms with E-state index >= 15 is 0 Å². The van der Waals surface area contributed by atoms with Crippen LogP contribution in [-0.4, -0.2) is 64.7 Å². The van der Waals surface area contributed by atoms with E-state index < -0.39 is 23.6 Å². The van der Waals surface area contributed by atoms with E-state index in [-0.39, 0.29) is 35.6 Å². The number of hydrogen-bond donors (Lipinski definition) is 1. The van der Waals surface area contributed by atoms with Crippen molar-refractivity contribution in [3.8, 4) is 17.0 Å². The number of ether oxygens (including phenoxy) is 2. The van der Waals surface area contributed by atoms with Crippen LogP contribution in [0.4, 0.5) is 23.8 Å². The topological polar surface area (TPSA) is 88.0 Å². The van der Waals surface area contributed by atoms with E-state index in [2.05, 4.69) is 10.2 Å². The molecule has 0 spiro atoms. The van der Waals surface area contributed by atoms with E-state index in [1.165, 1.54) is 6.92 Å². The average molecular weight is 529 g/mol. The molecule has 11 heteroatoms. The molecule has 3 aromatic rings. The predicted octanol–water partition coefficient (Wildman–Crippen LogP) is 4.79. The first-order valence-corrected chi connectivity index (χ1v) is 12.3. The predicted molar refractivity (Wildman–Crippen MR) is 133 cm³/mol. The summed E-state index contributed by atoms with van der Waals surface area (Å²) in [4.78, 5) is 16.5. The SMILES string of the molecule is Cc1cc(C(F)(F)F)cc(O)c1-c1ccc(N2CCO[C@H]3CCN(C(=O)OCc4ccccc4)C[C@H]32)nn1. The molecule has 1 aromatic heterocycles. The number of fused-ring (bicyclic) bond motifs is 1. The molecule has 38 heavy (non-hydrogen) atoms. The molecule has 2 fully saturated rings. The molecule has 8 nitrogen and oxygen atoms in total. The number of aromatic nitrogens is 2. The van der Waals surface area contributed by atoms with Crippen LogP contribution in [0.25, 0.3) is 11.3 Å². The van der Waals surface area contributed by atoms with Crippen molar-refractivity contribution in [2.75, 3.05) is 31.1 Å². The van der Waals surface area contributed by atoms with Gasteiger partial charge in [-0.25, -0.2) is 4.79 Å². The lowest BCUT2D eigenvalue weighted by atomic mass is 9.98. The summed E-state index contributed by atoms with van der Waals surface area (Å²) in [6.07, 6.45) is -4.41. The van der Waals surface area contributed by atoms with Gasteiger partial charge in [0, 0.05) is 25.2 Å². The quantitative estimate of drug-likeness (QED) is 0.521. The van der Waals surface area contributed by atoms with Crippen LogP contribution in [0.1, 0.15) is 23.1 Å². The van der Waals surface area contributed by atoms with E-state index in [1.54, 1.807) is 17.0 Å². The Hall–Kier alpha value is -3.86. The molecule has 1 amide bonds. The first kappa shape index (κ1) is 25.8. The maximum atomic E-state index is 13.1. The van der Waals surface area contributed by atoms with Crippen LogP contribution in [0.2, 0.25) is 0 Å². The van der Waals surface area contributed by atoms with Crippen LogP contribution in [0.15, 0.2) is 54.6 Å². The van der Waals surface area contributed by atoms with Crippen LogP contribution in [-0.2, 0) is 22.3 Å². The molecule has 2 aliphatic rings. The van der Waals surface area contributed by atoms with Gasteiger partial charge in [0.2, 0.25) is 0 Å². The van der Waals surface area contributed by atoms with Crippen LogP contribution < -0.4 is 4.90 Å². The molecule has 2 atom stereocenters. The maximum absolute atomic E-state index is 13.1. The number of carbonyl (C=O) groups is 1. The zero-order valence-electron chi connectivity index (χ0n) is 20.7. The van der Waals surface area contributed by atoms with Crippen LogP contribution >= 0.6 is 0 Å². The molecule has 0 radical (unpaired) electrons. The summed E-state index contributed by atoms with van der Waals surface area (Å²) in [5, 5.41) is 18.8. The maximum Gasteiger partial charge on any atom is 0.416 e.